The van der Waals surface area contributed by atoms with Crippen molar-refractivity contribution in [3.8, 4) is 0 Å². The lowest BCUT2D eigenvalue weighted by atomic mass is 9.78. The van der Waals surface area contributed by atoms with Gasteiger partial charge in [-0.2, -0.15) is 0 Å². The van der Waals surface area contributed by atoms with Gasteiger partial charge in [0.2, 0.25) is 0 Å². The van der Waals surface area contributed by atoms with Crippen molar-refractivity contribution in [2.45, 2.75) is 38.6 Å². The van der Waals surface area contributed by atoms with Crippen LogP contribution in [0.3, 0.4) is 0 Å². The number of hydrogen-bond acceptors (Lipinski definition) is 2. The topological polar surface area (TPSA) is 43.1 Å². The molecule has 10 heavy (non-hydrogen) atoms. The zero-order valence-corrected chi connectivity index (χ0v) is 6.47. The highest BCUT2D eigenvalue weighted by atomic mass is 16.1. The molecule has 0 aliphatic heterocycles. The van der Waals surface area contributed by atoms with Crippen LogP contribution >= 0.6 is 0 Å². The van der Waals surface area contributed by atoms with E-state index in [1.54, 1.807) is 0 Å². The van der Waals surface area contributed by atoms with Gasteiger partial charge in [-0.15, -0.1) is 0 Å². The monoisotopic (exact) mass is 141 g/mol. The molecule has 0 aromatic heterocycles. The molecule has 0 unspecified atom stereocenters. The lowest BCUT2D eigenvalue weighted by molar-refractivity contribution is -0.120. The largest absolute Gasteiger partial charge is 0.328 e. The van der Waals surface area contributed by atoms with E-state index < -0.39 is 0 Å². The predicted molar refractivity (Wildman–Crippen MR) is 40.6 cm³/mol. The molecular formula is C8H15NO. The summed E-state index contributed by atoms with van der Waals surface area (Å²) in [5.41, 5.74) is 5.57. The molecule has 1 fully saturated rings. The molecule has 0 heterocycles. The summed E-state index contributed by atoms with van der Waals surface area (Å²) < 4.78 is 0. The summed E-state index contributed by atoms with van der Waals surface area (Å²) >= 11 is 0. The molecule has 1 aliphatic rings. The third kappa shape index (κ3) is 1.81. The fourth-order valence-electron chi connectivity index (χ4n) is 1.42. The lowest BCUT2D eigenvalue weighted by Crippen LogP contribution is -2.37. The number of Topliss-reactive ketones (excluding diaryl/α,β-unsaturated/α-hetero) is 1. The molecule has 1 aliphatic carbocycles. The van der Waals surface area contributed by atoms with Crippen LogP contribution in [0.15, 0.2) is 0 Å². The molecule has 2 nitrogen and oxygen atoms in total. The van der Waals surface area contributed by atoms with Gasteiger partial charge in [0.25, 0.3) is 0 Å². The van der Waals surface area contributed by atoms with Gasteiger partial charge >= 0.3 is 0 Å². The SMILES string of the molecule is CCC(=O)CC1CC(N)C1. The fraction of sp³-hybridized carbons (Fsp3) is 0.875. The first-order chi connectivity index (χ1) is 4.72. The van der Waals surface area contributed by atoms with E-state index in [4.69, 9.17) is 5.73 Å². The molecule has 0 aromatic carbocycles. The Morgan fingerprint density at radius 2 is 2.20 bits per heavy atom. The molecule has 0 aromatic rings. The Morgan fingerprint density at radius 1 is 1.60 bits per heavy atom. The van der Waals surface area contributed by atoms with Crippen LogP contribution in [-0.4, -0.2) is 11.8 Å². The van der Waals surface area contributed by atoms with E-state index in [0.29, 0.717) is 24.2 Å². The van der Waals surface area contributed by atoms with E-state index in [1.807, 2.05) is 6.92 Å². The molecule has 0 radical (unpaired) electrons. The number of nitrogens with two attached hydrogens (primary N) is 1. The van der Waals surface area contributed by atoms with Crippen LogP contribution in [0.2, 0.25) is 0 Å². The van der Waals surface area contributed by atoms with Crippen molar-refractivity contribution in [1.82, 2.24) is 0 Å². The molecular weight excluding hydrogens is 126 g/mol. The van der Waals surface area contributed by atoms with Crippen LogP contribution < -0.4 is 5.73 Å². The molecule has 1 saturated carbocycles. The number of ketones is 1. The second kappa shape index (κ2) is 3.15. The molecule has 2 N–H and O–H groups in total. The van der Waals surface area contributed by atoms with Crippen molar-refractivity contribution in [2.75, 3.05) is 0 Å². The summed E-state index contributed by atoms with van der Waals surface area (Å²) in [5, 5.41) is 0. The van der Waals surface area contributed by atoms with Gasteiger partial charge in [-0.25, -0.2) is 0 Å². The first kappa shape index (κ1) is 7.73. The molecule has 58 valence electrons. The molecule has 0 atom stereocenters. The second-order valence-corrected chi connectivity index (χ2v) is 3.19. The summed E-state index contributed by atoms with van der Waals surface area (Å²) in [7, 11) is 0. The van der Waals surface area contributed by atoms with E-state index in [9.17, 15) is 4.79 Å². The minimum atomic E-state index is 0.384. The van der Waals surface area contributed by atoms with Crippen LogP contribution in [0.5, 0.6) is 0 Å². The number of rotatable bonds is 3. The first-order valence-electron chi connectivity index (χ1n) is 3.99. The van der Waals surface area contributed by atoms with Crippen LogP contribution in [0.25, 0.3) is 0 Å². The van der Waals surface area contributed by atoms with Crippen molar-refractivity contribution >= 4 is 5.78 Å². The van der Waals surface area contributed by atoms with Crippen molar-refractivity contribution in [3.05, 3.63) is 0 Å². The Morgan fingerprint density at radius 3 is 2.60 bits per heavy atom. The highest BCUT2D eigenvalue weighted by Crippen LogP contribution is 2.28. The maximum atomic E-state index is 10.9. The van der Waals surface area contributed by atoms with Crippen molar-refractivity contribution in [1.29, 1.82) is 0 Å². The maximum absolute atomic E-state index is 10.9. The Labute approximate surface area is 61.8 Å². The fourth-order valence-corrected chi connectivity index (χ4v) is 1.42. The lowest BCUT2D eigenvalue weighted by Gasteiger charge is -2.31. The van der Waals surface area contributed by atoms with Crippen molar-refractivity contribution < 1.29 is 4.79 Å². The smallest absolute Gasteiger partial charge is 0.132 e. The average Bonchev–Trinajstić information content (AvgIpc) is 1.84. The third-order valence-corrected chi connectivity index (χ3v) is 2.18. The van der Waals surface area contributed by atoms with Crippen LogP contribution in [0, 0.1) is 5.92 Å². The molecule has 0 bridgehead atoms. The van der Waals surface area contributed by atoms with E-state index >= 15 is 0 Å². The zero-order chi connectivity index (χ0) is 7.56. The van der Waals surface area contributed by atoms with Gasteiger partial charge in [-0.1, -0.05) is 6.92 Å². The normalized spacial score (nSPS) is 31.4. The maximum Gasteiger partial charge on any atom is 0.132 e. The van der Waals surface area contributed by atoms with Crippen LogP contribution in [0.4, 0.5) is 0 Å². The summed E-state index contributed by atoms with van der Waals surface area (Å²) in [6.07, 6.45) is 3.58. The van der Waals surface area contributed by atoms with Gasteiger partial charge in [0.15, 0.2) is 0 Å². The Kier molecular flexibility index (Phi) is 2.44. The van der Waals surface area contributed by atoms with Gasteiger partial charge in [0.1, 0.15) is 5.78 Å². The van der Waals surface area contributed by atoms with E-state index in [0.717, 1.165) is 19.3 Å². The van der Waals surface area contributed by atoms with Crippen LogP contribution in [-0.2, 0) is 4.79 Å². The average molecular weight is 141 g/mol. The third-order valence-electron chi connectivity index (χ3n) is 2.18. The summed E-state index contributed by atoms with van der Waals surface area (Å²) in [6.45, 7) is 1.92. The highest BCUT2D eigenvalue weighted by molar-refractivity contribution is 5.78. The summed E-state index contributed by atoms with van der Waals surface area (Å²) in [6, 6.07) is 0.384. The van der Waals surface area contributed by atoms with Crippen molar-refractivity contribution in [2.24, 2.45) is 11.7 Å². The standard InChI is InChI=1S/C8H15NO/c1-2-8(10)5-6-3-7(9)4-6/h6-7H,2-5,9H2,1H3. The van der Waals surface area contributed by atoms with Gasteiger partial charge in [0, 0.05) is 18.9 Å². The quantitative estimate of drug-likeness (QED) is 0.639. The zero-order valence-electron chi connectivity index (χ0n) is 6.47. The van der Waals surface area contributed by atoms with Crippen molar-refractivity contribution in [3.63, 3.8) is 0 Å². The molecule has 1 rings (SSSR count). The molecule has 2 heteroatoms. The second-order valence-electron chi connectivity index (χ2n) is 3.19. The minimum absolute atomic E-state index is 0.384. The summed E-state index contributed by atoms with van der Waals surface area (Å²) in [5.74, 6) is 0.999. The number of carbonyl (C=O) groups excluding carboxylic acids is 1. The van der Waals surface area contributed by atoms with Gasteiger partial charge in [-0.3, -0.25) is 4.79 Å². The molecule has 0 spiro atoms. The Bertz CT molecular complexity index is 127. The van der Waals surface area contributed by atoms with Gasteiger partial charge in [-0.05, 0) is 18.8 Å². The minimum Gasteiger partial charge on any atom is -0.328 e. The Balaban J connectivity index is 2.10. The van der Waals surface area contributed by atoms with E-state index in [1.165, 1.54) is 0 Å². The molecule has 0 amide bonds. The van der Waals surface area contributed by atoms with E-state index in [2.05, 4.69) is 0 Å². The Hall–Kier alpha value is -0.370. The summed E-state index contributed by atoms with van der Waals surface area (Å²) in [4.78, 5) is 10.9. The van der Waals surface area contributed by atoms with Crippen LogP contribution in [0.1, 0.15) is 32.6 Å². The first-order valence-corrected chi connectivity index (χ1v) is 3.99. The predicted octanol–water partition coefficient (Wildman–Crippen LogP) is 1.09. The molecule has 0 saturated heterocycles. The number of hydrogen-bond donors (Lipinski definition) is 1. The highest BCUT2D eigenvalue weighted by Gasteiger charge is 2.26. The van der Waals surface area contributed by atoms with E-state index in [-0.39, 0.29) is 0 Å². The number of carbonyl (C=O) groups is 1. The van der Waals surface area contributed by atoms with Gasteiger partial charge < -0.3 is 5.73 Å². The van der Waals surface area contributed by atoms with Gasteiger partial charge in [0.05, 0.1) is 0 Å².